The highest BCUT2D eigenvalue weighted by atomic mass is 79.9. The fourth-order valence-electron chi connectivity index (χ4n) is 2.64. The number of para-hydroxylation sites is 1. The van der Waals surface area contributed by atoms with Crippen LogP contribution >= 0.6 is 27.5 Å². The van der Waals surface area contributed by atoms with E-state index in [0.717, 1.165) is 10.9 Å². The Morgan fingerprint density at radius 3 is 2.57 bits per heavy atom. The highest BCUT2D eigenvalue weighted by molar-refractivity contribution is 9.10. The summed E-state index contributed by atoms with van der Waals surface area (Å²) >= 11 is 9.72. The third kappa shape index (κ3) is 6.64. The minimum absolute atomic E-state index is 0.118. The van der Waals surface area contributed by atoms with Crippen LogP contribution < -0.4 is 14.8 Å². The maximum Gasteiger partial charge on any atom is 0.254 e. The minimum Gasteiger partial charge on any atom is -0.493 e. The summed E-state index contributed by atoms with van der Waals surface area (Å²) in [6, 6.07) is 10.4. The smallest absolute Gasteiger partial charge is 0.254 e. The first-order valence-corrected chi connectivity index (χ1v) is 10.7. The number of anilines is 1. The molecule has 6 nitrogen and oxygen atoms in total. The quantitative estimate of drug-likeness (QED) is 0.514. The molecule has 0 aliphatic carbocycles. The second kappa shape index (κ2) is 11.2. The van der Waals surface area contributed by atoms with Crippen molar-refractivity contribution in [2.75, 3.05) is 32.6 Å². The topological polar surface area (TPSA) is 67.9 Å². The average molecular weight is 498 g/mol. The Bertz CT molecular complexity index is 905. The van der Waals surface area contributed by atoms with Crippen molar-refractivity contribution in [2.45, 2.75) is 20.3 Å². The van der Waals surface area contributed by atoms with Gasteiger partial charge < -0.3 is 19.7 Å². The van der Waals surface area contributed by atoms with Gasteiger partial charge >= 0.3 is 0 Å². The summed E-state index contributed by atoms with van der Waals surface area (Å²) in [5.41, 5.74) is 0.945. The summed E-state index contributed by atoms with van der Waals surface area (Å²) in [6.07, 6.45) is 0.871. The minimum atomic E-state index is -0.355. The van der Waals surface area contributed by atoms with Gasteiger partial charge in [0, 0.05) is 17.1 Å². The van der Waals surface area contributed by atoms with E-state index in [9.17, 15) is 9.59 Å². The molecule has 0 saturated heterocycles. The second-order valence-electron chi connectivity index (χ2n) is 7.21. The van der Waals surface area contributed by atoms with Crippen LogP contribution in [0.2, 0.25) is 5.02 Å². The van der Waals surface area contributed by atoms with Gasteiger partial charge in [-0.05, 0) is 52.5 Å². The van der Waals surface area contributed by atoms with Crippen molar-refractivity contribution >= 4 is 45.0 Å². The lowest BCUT2D eigenvalue weighted by atomic mass is 10.1. The van der Waals surface area contributed by atoms with E-state index in [4.69, 9.17) is 21.1 Å². The zero-order chi connectivity index (χ0) is 22.3. The molecule has 0 aromatic heterocycles. The Balaban J connectivity index is 2.08. The lowest BCUT2D eigenvalue weighted by molar-refractivity contribution is -0.116. The molecule has 162 valence electrons. The molecule has 0 unspecified atom stereocenters. The van der Waals surface area contributed by atoms with Crippen LogP contribution in [-0.4, -0.2) is 44.0 Å². The number of hydrogen-bond donors (Lipinski definition) is 1. The van der Waals surface area contributed by atoms with Gasteiger partial charge in [-0.2, -0.15) is 0 Å². The van der Waals surface area contributed by atoms with Gasteiger partial charge in [-0.15, -0.1) is 0 Å². The average Bonchev–Trinajstić information content (AvgIpc) is 2.69. The Labute approximate surface area is 190 Å². The lowest BCUT2D eigenvalue weighted by Gasteiger charge is -2.19. The van der Waals surface area contributed by atoms with Crippen molar-refractivity contribution in [3.05, 3.63) is 51.5 Å². The first-order valence-electron chi connectivity index (χ1n) is 9.53. The molecule has 2 aromatic rings. The molecule has 30 heavy (non-hydrogen) atoms. The van der Waals surface area contributed by atoms with E-state index in [1.54, 1.807) is 19.2 Å². The van der Waals surface area contributed by atoms with Crippen LogP contribution in [0.15, 0.2) is 40.9 Å². The first kappa shape index (κ1) is 24.0. The Morgan fingerprint density at radius 1 is 1.23 bits per heavy atom. The number of benzene rings is 2. The maximum absolute atomic E-state index is 12.8. The van der Waals surface area contributed by atoms with Gasteiger partial charge in [-0.25, -0.2) is 0 Å². The Kier molecular flexibility index (Phi) is 8.99. The first-order chi connectivity index (χ1) is 14.2. The van der Waals surface area contributed by atoms with Gasteiger partial charge in [-0.3, -0.25) is 9.59 Å². The lowest BCUT2D eigenvalue weighted by Crippen LogP contribution is -2.35. The number of nitrogens with zero attached hydrogens (tertiary/aromatic N) is 1. The Morgan fingerprint density at radius 2 is 1.93 bits per heavy atom. The fraction of sp³-hybridized carbons (Fsp3) is 0.364. The van der Waals surface area contributed by atoms with Crippen LogP contribution in [0.25, 0.3) is 0 Å². The number of hydrogen-bond acceptors (Lipinski definition) is 4. The standard InChI is InChI=1S/C22H26BrClN2O4/c1-14(2)9-10-30-21-17(24)11-15(12-19(21)29-4)22(28)26(3)13-20(27)25-18-8-6-5-7-16(18)23/h5-8,11-12,14H,9-10,13H2,1-4H3,(H,25,27). The second-order valence-corrected chi connectivity index (χ2v) is 8.47. The van der Waals surface area contributed by atoms with Gasteiger partial charge in [0.05, 0.1) is 31.0 Å². The van der Waals surface area contributed by atoms with E-state index in [1.165, 1.54) is 18.1 Å². The number of rotatable bonds is 9. The number of nitrogens with one attached hydrogen (secondary N) is 1. The van der Waals surface area contributed by atoms with Crippen molar-refractivity contribution in [1.29, 1.82) is 0 Å². The van der Waals surface area contributed by atoms with Crippen LogP contribution in [0, 0.1) is 5.92 Å². The third-order valence-electron chi connectivity index (χ3n) is 4.29. The number of amides is 2. The molecule has 0 atom stereocenters. The zero-order valence-corrected chi connectivity index (χ0v) is 19.8. The zero-order valence-electron chi connectivity index (χ0n) is 17.5. The summed E-state index contributed by atoms with van der Waals surface area (Å²) in [4.78, 5) is 26.5. The molecule has 8 heteroatoms. The van der Waals surface area contributed by atoms with Gasteiger partial charge in [0.25, 0.3) is 5.91 Å². The van der Waals surface area contributed by atoms with Crippen LogP contribution in [0.3, 0.4) is 0 Å². The number of likely N-dealkylation sites (N-methyl/N-ethyl adjacent to an activating group) is 1. The summed E-state index contributed by atoms with van der Waals surface area (Å²) < 4.78 is 11.9. The highest BCUT2D eigenvalue weighted by Crippen LogP contribution is 2.37. The molecule has 0 aliphatic rings. The number of carbonyl (C=O) groups excluding carboxylic acids is 2. The molecule has 0 saturated carbocycles. The van der Waals surface area contributed by atoms with Crippen molar-refractivity contribution in [3.63, 3.8) is 0 Å². The van der Waals surface area contributed by atoms with Gasteiger partial charge in [0.2, 0.25) is 5.91 Å². The van der Waals surface area contributed by atoms with Crippen LogP contribution in [-0.2, 0) is 4.79 Å². The van der Waals surface area contributed by atoms with Crippen LogP contribution in [0.5, 0.6) is 11.5 Å². The number of ether oxygens (including phenoxy) is 2. The summed E-state index contributed by atoms with van der Waals surface area (Å²) in [5.74, 6) is 0.606. The van der Waals surface area contributed by atoms with Crippen molar-refractivity contribution < 1.29 is 19.1 Å². The molecule has 0 fully saturated rings. The van der Waals surface area contributed by atoms with E-state index in [-0.39, 0.29) is 23.4 Å². The summed E-state index contributed by atoms with van der Waals surface area (Å²) in [6.45, 7) is 4.59. The molecule has 0 spiro atoms. The van der Waals surface area contributed by atoms with Gasteiger partial charge in [0.15, 0.2) is 11.5 Å². The number of methoxy groups -OCH3 is 1. The predicted molar refractivity (Wildman–Crippen MR) is 123 cm³/mol. The monoisotopic (exact) mass is 496 g/mol. The van der Waals surface area contributed by atoms with E-state index in [0.29, 0.717) is 35.3 Å². The molecule has 2 amide bonds. The van der Waals surface area contributed by atoms with Crippen molar-refractivity contribution in [3.8, 4) is 11.5 Å². The molecule has 1 N–H and O–H groups in total. The van der Waals surface area contributed by atoms with E-state index >= 15 is 0 Å². The molecule has 0 heterocycles. The van der Waals surface area contributed by atoms with Crippen molar-refractivity contribution in [2.24, 2.45) is 5.92 Å². The van der Waals surface area contributed by atoms with Gasteiger partial charge in [0.1, 0.15) is 0 Å². The van der Waals surface area contributed by atoms with E-state index < -0.39 is 0 Å². The SMILES string of the molecule is COc1cc(C(=O)N(C)CC(=O)Nc2ccccc2Br)cc(Cl)c1OCCC(C)C. The van der Waals surface area contributed by atoms with E-state index in [2.05, 4.69) is 35.1 Å². The van der Waals surface area contributed by atoms with Gasteiger partial charge in [-0.1, -0.05) is 37.6 Å². The summed E-state index contributed by atoms with van der Waals surface area (Å²) in [5, 5.41) is 3.06. The number of carbonyl (C=O) groups is 2. The largest absolute Gasteiger partial charge is 0.493 e. The van der Waals surface area contributed by atoms with Crippen LogP contribution in [0.1, 0.15) is 30.6 Å². The Hall–Kier alpha value is -2.25. The van der Waals surface area contributed by atoms with Crippen LogP contribution in [0.4, 0.5) is 5.69 Å². The molecule has 2 aromatic carbocycles. The maximum atomic E-state index is 12.8. The fourth-order valence-corrected chi connectivity index (χ4v) is 3.29. The van der Waals surface area contributed by atoms with Crippen molar-refractivity contribution in [1.82, 2.24) is 4.90 Å². The molecular formula is C22H26BrClN2O4. The molecule has 2 rings (SSSR count). The molecule has 0 aliphatic heterocycles. The normalized spacial score (nSPS) is 10.6. The highest BCUT2D eigenvalue weighted by Gasteiger charge is 2.20. The molecule has 0 radical (unpaired) electrons. The predicted octanol–water partition coefficient (Wildman–Crippen LogP) is 5.25. The van der Waals surface area contributed by atoms with E-state index in [1.807, 2.05) is 18.2 Å². The summed E-state index contributed by atoms with van der Waals surface area (Å²) in [7, 11) is 3.04. The molecule has 0 bridgehead atoms. The molecular weight excluding hydrogens is 472 g/mol. The third-order valence-corrected chi connectivity index (χ3v) is 5.27. The number of halogens is 2.